The lowest BCUT2D eigenvalue weighted by Crippen LogP contribution is -2.74. The second-order valence-electron chi connectivity index (χ2n) is 12.2. The van der Waals surface area contributed by atoms with Crippen LogP contribution in [0.15, 0.2) is 12.2 Å². The first kappa shape index (κ1) is 27.3. The molecule has 0 aromatic rings. The molecule has 4 fully saturated rings. The normalized spacial score (nSPS) is 41.6. The van der Waals surface area contributed by atoms with E-state index in [4.69, 9.17) is 18.9 Å². The highest BCUT2D eigenvalue weighted by molar-refractivity contribution is 6.04. The molecule has 4 aliphatic carbocycles. The fraction of sp³-hybridized carbons (Fsp3) is 0.750. The molecule has 0 radical (unpaired) electrons. The van der Waals surface area contributed by atoms with Crippen LogP contribution >= 0.6 is 0 Å². The summed E-state index contributed by atoms with van der Waals surface area (Å²) in [6, 6.07) is 0. The third-order valence-electron chi connectivity index (χ3n) is 9.59. The summed E-state index contributed by atoms with van der Waals surface area (Å²) in [4.78, 5) is 63.4. The highest BCUT2D eigenvalue weighted by atomic mass is 16.6. The molecule has 37 heavy (non-hydrogen) atoms. The molecule has 4 saturated carbocycles. The standard InChI is InChI=1S/C28H38O9/c1-13-18-11-19(34-14(2)29)22-27(8)10-9-20(35-15(3)30)26(6,7)23(27)21(36-16(4)31)25(37-17(5)32)28(22,12-18)24(13)33/h18-23,25H,1,9-12H2,2-8H3. The molecule has 9 heteroatoms. The van der Waals surface area contributed by atoms with Gasteiger partial charge in [0.15, 0.2) is 11.9 Å². The first-order chi connectivity index (χ1) is 17.1. The zero-order valence-corrected chi connectivity index (χ0v) is 22.8. The van der Waals surface area contributed by atoms with Crippen molar-refractivity contribution in [3.05, 3.63) is 12.2 Å². The molecule has 9 nitrogen and oxygen atoms in total. The third kappa shape index (κ3) is 4.00. The molecule has 204 valence electrons. The Kier molecular flexibility index (Phi) is 6.61. The summed E-state index contributed by atoms with van der Waals surface area (Å²) in [5.74, 6) is -3.54. The van der Waals surface area contributed by atoms with Gasteiger partial charge in [0.05, 0.1) is 5.41 Å². The van der Waals surface area contributed by atoms with Crippen LogP contribution in [0.3, 0.4) is 0 Å². The highest BCUT2D eigenvalue weighted by Gasteiger charge is 2.78. The average Bonchev–Trinajstić information content (AvgIpc) is 2.93. The lowest BCUT2D eigenvalue weighted by atomic mass is 9.38. The second kappa shape index (κ2) is 8.95. The van der Waals surface area contributed by atoms with Crippen molar-refractivity contribution < 1.29 is 42.9 Å². The number of hydrogen-bond donors (Lipinski definition) is 0. The lowest BCUT2D eigenvalue weighted by molar-refractivity contribution is -0.287. The summed E-state index contributed by atoms with van der Waals surface area (Å²) in [5.41, 5.74) is -2.27. The van der Waals surface area contributed by atoms with E-state index in [1.807, 2.05) is 20.8 Å². The summed E-state index contributed by atoms with van der Waals surface area (Å²) >= 11 is 0. The summed E-state index contributed by atoms with van der Waals surface area (Å²) in [6.07, 6.45) is -1.35. The fourth-order valence-electron chi connectivity index (χ4n) is 8.83. The van der Waals surface area contributed by atoms with Crippen LogP contribution in [0.2, 0.25) is 0 Å². The van der Waals surface area contributed by atoms with Gasteiger partial charge in [-0.15, -0.1) is 0 Å². The highest BCUT2D eigenvalue weighted by Crippen LogP contribution is 2.72. The van der Waals surface area contributed by atoms with Crippen LogP contribution < -0.4 is 0 Å². The summed E-state index contributed by atoms with van der Waals surface area (Å²) in [6.45, 7) is 15.3. The molecule has 4 aliphatic rings. The van der Waals surface area contributed by atoms with Gasteiger partial charge >= 0.3 is 23.9 Å². The molecule has 9 atom stereocenters. The van der Waals surface area contributed by atoms with Crippen LogP contribution in [-0.4, -0.2) is 54.1 Å². The quantitative estimate of drug-likeness (QED) is 0.313. The Hall–Kier alpha value is -2.71. The van der Waals surface area contributed by atoms with E-state index < -0.39 is 76.4 Å². The number of fused-ring (bicyclic) bond motifs is 3. The minimum absolute atomic E-state index is 0.222. The first-order valence-corrected chi connectivity index (χ1v) is 13.0. The van der Waals surface area contributed by atoms with E-state index in [1.54, 1.807) is 0 Å². The number of carbonyl (C=O) groups excluding carboxylic acids is 5. The number of rotatable bonds is 4. The number of ketones is 1. The Balaban J connectivity index is 2.00. The molecule has 4 rings (SSSR count). The largest absolute Gasteiger partial charge is 0.462 e. The van der Waals surface area contributed by atoms with Crippen molar-refractivity contribution in [2.75, 3.05) is 0 Å². The van der Waals surface area contributed by atoms with Gasteiger partial charge in [-0.3, -0.25) is 24.0 Å². The van der Waals surface area contributed by atoms with Gasteiger partial charge in [-0.1, -0.05) is 27.4 Å². The van der Waals surface area contributed by atoms with Crippen molar-refractivity contribution in [3.63, 3.8) is 0 Å². The Morgan fingerprint density at radius 3 is 1.95 bits per heavy atom. The van der Waals surface area contributed by atoms with Crippen LogP contribution in [0.1, 0.15) is 74.1 Å². The molecule has 0 N–H and O–H groups in total. The van der Waals surface area contributed by atoms with E-state index in [-0.39, 0.29) is 11.7 Å². The topological polar surface area (TPSA) is 122 Å². The summed E-state index contributed by atoms with van der Waals surface area (Å²) < 4.78 is 23.6. The van der Waals surface area contributed by atoms with Crippen molar-refractivity contribution >= 4 is 29.7 Å². The van der Waals surface area contributed by atoms with Crippen molar-refractivity contribution in [1.82, 2.24) is 0 Å². The summed E-state index contributed by atoms with van der Waals surface area (Å²) in [7, 11) is 0. The van der Waals surface area contributed by atoms with E-state index in [1.165, 1.54) is 27.7 Å². The van der Waals surface area contributed by atoms with Crippen molar-refractivity contribution in [2.24, 2.45) is 34.0 Å². The molecular formula is C28H38O9. The molecule has 1 spiro atoms. The van der Waals surface area contributed by atoms with Crippen LogP contribution in [0.25, 0.3) is 0 Å². The molecule has 2 bridgehead atoms. The van der Waals surface area contributed by atoms with E-state index >= 15 is 0 Å². The van der Waals surface area contributed by atoms with Gasteiger partial charge in [0, 0.05) is 44.9 Å². The van der Waals surface area contributed by atoms with Gasteiger partial charge in [-0.2, -0.15) is 0 Å². The molecule has 0 saturated heterocycles. The fourth-order valence-corrected chi connectivity index (χ4v) is 8.83. The Labute approximate surface area is 217 Å². The molecule has 0 aromatic heterocycles. The van der Waals surface area contributed by atoms with E-state index in [0.29, 0.717) is 31.3 Å². The minimum atomic E-state index is -1.26. The van der Waals surface area contributed by atoms with Gasteiger partial charge in [0.25, 0.3) is 0 Å². The Bertz CT molecular complexity index is 1060. The molecule has 0 aliphatic heterocycles. The zero-order valence-electron chi connectivity index (χ0n) is 22.8. The maximum Gasteiger partial charge on any atom is 0.303 e. The zero-order chi connectivity index (χ0) is 27.7. The average molecular weight is 519 g/mol. The van der Waals surface area contributed by atoms with Gasteiger partial charge in [-0.05, 0) is 42.6 Å². The predicted octanol–water partition coefficient (Wildman–Crippen LogP) is 3.32. The van der Waals surface area contributed by atoms with Crippen LogP contribution in [-0.2, 0) is 42.9 Å². The molecule has 0 amide bonds. The van der Waals surface area contributed by atoms with E-state index in [9.17, 15) is 24.0 Å². The van der Waals surface area contributed by atoms with Crippen molar-refractivity contribution in [1.29, 1.82) is 0 Å². The lowest BCUT2D eigenvalue weighted by Gasteiger charge is -2.68. The number of esters is 4. The first-order valence-electron chi connectivity index (χ1n) is 13.0. The number of ether oxygens (including phenoxy) is 4. The molecular weight excluding hydrogens is 480 g/mol. The van der Waals surface area contributed by atoms with Crippen LogP contribution in [0, 0.1) is 34.0 Å². The number of carbonyl (C=O) groups is 5. The van der Waals surface area contributed by atoms with E-state index in [0.717, 1.165) is 0 Å². The monoisotopic (exact) mass is 518 g/mol. The van der Waals surface area contributed by atoms with Crippen molar-refractivity contribution in [2.45, 2.75) is 98.6 Å². The molecule has 9 unspecified atom stereocenters. The molecule has 0 heterocycles. The second-order valence-corrected chi connectivity index (χ2v) is 12.2. The smallest absolute Gasteiger partial charge is 0.303 e. The maximum absolute atomic E-state index is 14.1. The third-order valence-corrected chi connectivity index (χ3v) is 9.59. The SMILES string of the molecule is C=C1C(=O)C23CC1CC(OC(C)=O)C2C1(C)CCC(OC(C)=O)C(C)(C)C1C(OC(C)=O)C3OC(C)=O. The Morgan fingerprint density at radius 1 is 0.838 bits per heavy atom. The summed E-state index contributed by atoms with van der Waals surface area (Å²) in [5, 5.41) is 0. The van der Waals surface area contributed by atoms with E-state index in [2.05, 4.69) is 6.58 Å². The van der Waals surface area contributed by atoms with Crippen molar-refractivity contribution in [3.8, 4) is 0 Å². The van der Waals surface area contributed by atoms with Gasteiger partial charge in [-0.25, -0.2) is 0 Å². The number of Topliss-reactive ketones (excluding diaryl/α,β-unsaturated/α-hetero) is 1. The van der Waals surface area contributed by atoms with Crippen LogP contribution in [0.4, 0.5) is 0 Å². The number of allylic oxidation sites excluding steroid dienone is 1. The maximum atomic E-state index is 14.1. The Morgan fingerprint density at radius 2 is 1.41 bits per heavy atom. The predicted molar refractivity (Wildman–Crippen MR) is 130 cm³/mol. The van der Waals surface area contributed by atoms with Gasteiger partial charge in [0.2, 0.25) is 0 Å². The minimum Gasteiger partial charge on any atom is -0.462 e. The van der Waals surface area contributed by atoms with Crippen LogP contribution in [0.5, 0.6) is 0 Å². The van der Waals surface area contributed by atoms with Gasteiger partial charge < -0.3 is 18.9 Å². The number of hydrogen-bond acceptors (Lipinski definition) is 9. The van der Waals surface area contributed by atoms with Gasteiger partial charge in [0.1, 0.15) is 18.3 Å². The molecule has 0 aromatic carbocycles.